The number of rotatable bonds is 12. The van der Waals surface area contributed by atoms with Crippen LogP contribution in [0.5, 0.6) is 0 Å². The number of hydrogen-bond donors (Lipinski definition) is 4. The fourth-order valence-electron chi connectivity index (χ4n) is 2.35. The van der Waals surface area contributed by atoms with Crippen LogP contribution in [-0.4, -0.2) is 86.8 Å². The van der Waals surface area contributed by atoms with Crippen LogP contribution in [0.4, 0.5) is 0 Å². The minimum Gasteiger partial charge on any atom is -0.480 e. The normalized spacial score (nSPS) is 10.8. The van der Waals surface area contributed by atoms with E-state index in [0.29, 0.717) is 5.56 Å². The van der Waals surface area contributed by atoms with E-state index in [1.54, 1.807) is 12.1 Å². The zero-order chi connectivity index (χ0) is 19.7. The Labute approximate surface area is 148 Å². The highest BCUT2D eigenvalue weighted by Gasteiger charge is 2.17. The van der Waals surface area contributed by atoms with Crippen LogP contribution in [0.1, 0.15) is 15.9 Å². The second kappa shape index (κ2) is 10.1. The first-order valence-corrected chi connectivity index (χ1v) is 7.59. The lowest BCUT2D eigenvalue weighted by molar-refractivity contribution is -0.143. The van der Waals surface area contributed by atoms with E-state index in [0.717, 1.165) is 0 Å². The second-order valence-electron chi connectivity index (χ2n) is 5.61. The van der Waals surface area contributed by atoms with Gasteiger partial charge in [-0.2, -0.15) is 0 Å². The number of hydrogen-bond acceptors (Lipinski definition) is 6. The Bertz CT molecular complexity index is 660. The predicted molar refractivity (Wildman–Crippen MR) is 88.0 cm³/mol. The molecule has 0 aliphatic rings. The maximum absolute atomic E-state index is 11.0. The van der Waals surface area contributed by atoms with Gasteiger partial charge in [-0.05, 0) is 17.7 Å². The predicted octanol–water partition coefficient (Wildman–Crippen LogP) is -0.257. The SMILES string of the molecule is O=C(O)CN(CCN(CC(=O)O)Cc1cccc(C(=O)O)c1)CC(=O)O. The summed E-state index contributed by atoms with van der Waals surface area (Å²) < 4.78 is 0. The van der Waals surface area contributed by atoms with Crippen molar-refractivity contribution < 1.29 is 39.6 Å². The average Bonchev–Trinajstić information content (AvgIpc) is 2.51. The van der Waals surface area contributed by atoms with Gasteiger partial charge in [-0.3, -0.25) is 24.2 Å². The van der Waals surface area contributed by atoms with Crippen LogP contribution in [0.25, 0.3) is 0 Å². The molecule has 0 aliphatic carbocycles. The molecular formula is C16H20N2O8. The van der Waals surface area contributed by atoms with E-state index in [4.69, 9.17) is 20.4 Å². The molecule has 4 N–H and O–H groups in total. The standard InChI is InChI=1S/C16H20N2O8/c19-13(20)8-17(4-5-18(9-14(21)22)10-15(23)24)7-11-2-1-3-12(6-11)16(25)26/h1-3,6H,4-5,7-10H2,(H,19,20)(H,21,22)(H,23,24)(H,25,26). The molecule has 0 aliphatic heterocycles. The zero-order valence-electron chi connectivity index (χ0n) is 13.9. The van der Waals surface area contributed by atoms with Crippen molar-refractivity contribution >= 4 is 23.9 Å². The number of carboxylic acid groups (broad SMARTS) is 4. The zero-order valence-corrected chi connectivity index (χ0v) is 13.9. The molecule has 1 aromatic carbocycles. The highest BCUT2D eigenvalue weighted by molar-refractivity contribution is 5.87. The average molecular weight is 368 g/mol. The molecule has 1 rings (SSSR count). The number of benzene rings is 1. The van der Waals surface area contributed by atoms with E-state index in [1.165, 1.54) is 21.9 Å². The molecule has 0 atom stereocenters. The summed E-state index contributed by atoms with van der Waals surface area (Å²) in [5.41, 5.74) is 0.644. The van der Waals surface area contributed by atoms with Crippen molar-refractivity contribution in [2.75, 3.05) is 32.7 Å². The van der Waals surface area contributed by atoms with Crippen molar-refractivity contribution in [3.63, 3.8) is 0 Å². The van der Waals surface area contributed by atoms with Crippen LogP contribution >= 0.6 is 0 Å². The van der Waals surface area contributed by atoms with Gasteiger partial charge in [0.25, 0.3) is 0 Å². The molecular weight excluding hydrogens is 348 g/mol. The Hall–Kier alpha value is -2.98. The number of aromatic carboxylic acids is 1. The first-order chi connectivity index (χ1) is 12.2. The van der Waals surface area contributed by atoms with Crippen molar-refractivity contribution in [2.45, 2.75) is 6.54 Å². The number of aliphatic carboxylic acids is 3. The quantitative estimate of drug-likeness (QED) is 0.388. The van der Waals surface area contributed by atoms with Crippen LogP contribution < -0.4 is 0 Å². The first kappa shape index (κ1) is 21.1. The lowest BCUT2D eigenvalue weighted by Gasteiger charge is -2.25. The molecule has 10 heteroatoms. The summed E-state index contributed by atoms with van der Waals surface area (Å²) in [4.78, 5) is 46.3. The van der Waals surface area contributed by atoms with E-state index in [2.05, 4.69) is 0 Å². The minimum absolute atomic E-state index is 0.0322. The Morgan fingerprint density at radius 1 is 0.769 bits per heavy atom. The number of nitrogens with zero attached hydrogens (tertiary/aromatic N) is 2. The molecule has 0 bridgehead atoms. The molecule has 0 saturated carbocycles. The van der Waals surface area contributed by atoms with Crippen LogP contribution in [0, 0.1) is 0 Å². The molecule has 1 aromatic rings. The van der Waals surface area contributed by atoms with Crippen molar-refractivity contribution in [3.8, 4) is 0 Å². The van der Waals surface area contributed by atoms with Crippen molar-refractivity contribution in [3.05, 3.63) is 35.4 Å². The summed E-state index contributed by atoms with van der Waals surface area (Å²) in [7, 11) is 0. The third kappa shape index (κ3) is 8.22. The molecule has 142 valence electrons. The lowest BCUT2D eigenvalue weighted by atomic mass is 10.1. The van der Waals surface area contributed by atoms with E-state index >= 15 is 0 Å². The Morgan fingerprint density at radius 3 is 1.77 bits per heavy atom. The minimum atomic E-state index is -1.19. The summed E-state index contributed by atoms with van der Waals surface area (Å²) in [6.45, 7) is -1.06. The summed E-state index contributed by atoms with van der Waals surface area (Å²) in [5, 5.41) is 35.7. The van der Waals surface area contributed by atoms with Gasteiger partial charge in [0.1, 0.15) is 0 Å². The van der Waals surface area contributed by atoms with Crippen molar-refractivity contribution in [2.24, 2.45) is 0 Å². The number of carboxylic acids is 4. The summed E-state index contributed by atoms with van der Waals surface area (Å²) >= 11 is 0. The molecule has 0 heterocycles. The summed E-state index contributed by atoms with van der Waals surface area (Å²) in [6, 6.07) is 6.02. The van der Waals surface area contributed by atoms with Crippen molar-refractivity contribution in [1.82, 2.24) is 9.80 Å². The van der Waals surface area contributed by atoms with E-state index < -0.39 is 37.0 Å². The van der Waals surface area contributed by atoms with Gasteiger partial charge < -0.3 is 20.4 Å². The maximum Gasteiger partial charge on any atom is 0.335 e. The van der Waals surface area contributed by atoms with E-state index in [-0.39, 0.29) is 31.7 Å². The summed E-state index contributed by atoms with van der Waals surface area (Å²) in [5.74, 6) is -4.59. The van der Waals surface area contributed by atoms with Crippen LogP contribution in [0.15, 0.2) is 24.3 Å². The molecule has 0 spiro atoms. The third-order valence-electron chi connectivity index (χ3n) is 3.39. The molecule has 0 unspecified atom stereocenters. The molecule has 0 saturated heterocycles. The highest BCUT2D eigenvalue weighted by atomic mass is 16.4. The molecule has 0 fully saturated rings. The van der Waals surface area contributed by atoms with Crippen molar-refractivity contribution in [1.29, 1.82) is 0 Å². The molecule has 0 amide bonds. The van der Waals surface area contributed by atoms with E-state index in [9.17, 15) is 19.2 Å². The topological polar surface area (TPSA) is 156 Å². The van der Waals surface area contributed by atoms with Gasteiger partial charge in [0.05, 0.1) is 25.2 Å². The Balaban J connectivity index is 2.80. The molecule has 0 radical (unpaired) electrons. The highest BCUT2D eigenvalue weighted by Crippen LogP contribution is 2.09. The van der Waals surface area contributed by atoms with Gasteiger partial charge in [-0.15, -0.1) is 0 Å². The van der Waals surface area contributed by atoms with E-state index in [1.807, 2.05) is 0 Å². The monoisotopic (exact) mass is 368 g/mol. The maximum atomic E-state index is 11.0. The van der Waals surface area contributed by atoms with Crippen LogP contribution in [0.3, 0.4) is 0 Å². The summed E-state index contributed by atoms with van der Waals surface area (Å²) in [6.07, 6.45) is 0. The smallest absolute Gasteiger partial charge is 0.335 e. The second-order valence-corrected chi connectivity index (χ2v) is 5.61. The largest absolute Gasteiger partial charge is 0.480 e. The first-order valence-electron chi connectivity index (χ1n) is 7.59. The lowest BCUT2D eigenvalue weighted by Crippen LogP contribution is -2.41. The third-order valence-corrected chi connectivity index (χ3v) is 3.39. The molecule has 0 aromatic heterocycles. The fourth-order valence-corrected chi connectivity index (χ4v) is 2.35. The van der Waals surface area contributed by atoms with Crippen LogP contribution in [0.2, 0.25) is 0 Å². The van der Waals surface area contributed by atoms with Gasteiger partial charge in [0.15, 0.2) is 0 Å². The van der Waals surface area contributed by atoms with Gasteiger partial charge in [-0.1, -0.05) is 12.1 Å². The van der Waals surface area contributed by atoms with Gasteiger partial charge in [0.2, 0.25) is 0 Å². The van der Waals surface area contributed by atoms with Gasteiger partial charge in [0, 0.05) is 19.6 Å². The van der Waals surface area contributed by atoms with Crippen LogP contribution in [-0.2, 0) is 20.9 Å². The number of carbonyl (C=O) groups is 4. The Morgan fingerprint density at radius 2 is 1.27 bits per heavy atom. The van der Waals surface area contributed by atoms with Gasteiger partial charge >= 0.3 is 23.9 Å². The fraction of sp³-hybridized carbons (Fsp3) is 0.375. The van der Waals surface area contributed by atoms with Gasteiger partial charge in [-0.25, -0.2) is 4.79 Å². The molecule has 26 heavy (non-hydrogen) atoms. The Kier molecular flexibility index (Phi) is 8.19. The molecule has 10 nitrogen and oxygen atoms in total.